The Morgan fingerprint density at radius 1 is 1.21 bits per heavy atom. The zero-order valence-corrected chi connectivity index (χ0v) is 15.1. The van der Waals surface area contributed by atoms with Gasteiger partial charge in [0.15, 0.2) is 0 Å². The van der Waals surface area contributed by atoms with E-state index in [-0.39, 0.29) is 29.4 Å². The van der Waals surface area contributed by atoms with E-state index >= 15 is 0 Å². The monoisotopic (exact) mass is 333 g/mol. The number of phenols is 2. The van der Waals surface area contributed by atoms with Crippen molar-refractivity contribution >= 4 is 5.91 Å². The van der Waals surface area contributed by atoms with E-state index in [0.29, 0.717) is 17.9 Å². The van der Waals surface area contributed by atoms with E-state index in [0.717, 1.165) is 24.8 Å². The van der Waals surface area contributed by atoms with Crippen LogP contribution in [0.15, 0.2) is 12.1 Å². The van der Waals surface area contributed by atoms with Gasteiger partial charge in [0.25, 0.3) is 0 Å². The summed E-state index contributed by atoms with van der Waals surface area (Å²) in [4.78, 5) is 11.6. The molecular weight excluding hydrogens is 302 g/mol. The molecule has 134 valence electrons. The second-order valence-corrected chi connectivity index (χ2v) is 7.25. The zero-order chi connectivity index (χ0) is 17.7. The van der Waals surface area contributed by atoms with Crippen LogP contribution in [0.25, 0.3) is 0 Å². The van der Waals surface area contributed by atoms with Gasteiger partial charge in [-0.3, -0.25) is 4.79 Å². The van der Waals surface area contributed by atoms with Crippen molar-refractivity contribution in [1.29, 1.82) is 0 Å². The van der Waals surface area contributed by atoms with E-state index in [1.807, 2.05) is 0 Å². The lowest BCUT2D eigenvalue weighted by atomic mass is 9.84. The lowest BCUT2D eigenvalue weighted by Gasteiger charge is -2.26. The van der Waals surface area contributed by atoms with Crippen LogP contribution in [0.4, 0.5) is 0 Å². The van der Waals surface area contributed by atoms with Crippen LogP contribution in [-0.4, -0.2) is 16.1 Å². The lowest BCUT2D eigenvalue weighted by molar-refractivity contribution is -0.123. The average molecular weight is 333 g/mol. The number of unbranched alkanes of at least 4 members (excludes halogenated alkanes) is 2. The van der Waals surface area contributed by atoms with Crippen LogP contribution in [0.2, 0.25) is 0 Å². The highest BCUT2D eigenvalue weighted by Crippen LogP contribution is 2.40. The first kappa shape index (κ1) is 18.6. The van der Waals surface area contributed by atoms with E-state index in [2.05, 4.69) is 26.1 Å². The third kappa shape index (κ3) is 4.43. The third-order valence-corrected chi connectivity index (χ3v) is 5.38. The molecule has 1 aromatic rings. The first-order valence-corrected chi connectivity index (χ1v) is 9.29. The normalized spacial score (nSPS) is 20.5. The number of piperidine rings is 1. The molecule has 1 heterocycles. The van der Waals surface area contributed by atoms with Crippen molar-refractivity contribution < 1.29 is 15.0 Å². The summed E-state index contributed by atoms with van der Waals surface area (Å²) in [6.07, 6.45) is 6.86. The molecule has 1 fully saturated rings. The van der Waals surface area contributed by atoms with Crippen LogP contribution in [0.3, 0.4) is 0 Å². The van der Waals surface area contributed by atoms with Crippen molar-refractivity contribution in [2.24, 2.45) is 5.92 Å². The standard InChI is InChI=1S/C20H31NO3/c1-4-5-6-8-13(2)14(3)15-11-17(22)20(18(23)12-15)16-9-7-10-19(24)21-16/h11-14,16,22-23H,4-10H2,1-3H3,(H,21,24). The molecule has 0 saturated carbocycles. The van der Waals surface area contributed by atoms with E-state index in [4.69, 9.17) is 0 Å². The molecule has 24 heavy (non-hydrogen) atoms. The van der Waals surface area contributed by atoms with Crippen LogP contribution in [0.1, 0.15) is 88.8 Å². The van der Waals surface area contributed by atoms with Crippen molar-refractivity contribution in [2.45, 2.75) is 77.7 Å². The highest BCUT2D eigenvalue weighted by atomic mass is 16.3. The Morgan fingerprint density at radius 3 is 2.46 bits per heavy atom. The molecule has 1 saturated heterocycles. The Labute approximate surface area is 145 Å². The number of hydrogen-bond acceptors (Lipinski definition) is 3. The van der Waals surface area contributed by atoms with E-state index in [1.165, 1.54) is 19.3 Å². The van der Waals surface area contributed by atoms with Crippen LogP contribution in [0.5, 0.6) is 11.5 Å². The number of benzene rings is 1. The quantitative estimate of drug-likeness (QED) is 0.630. The zero-order valence-electron chi connectivity index (χ0n) is 15.1. The predicted molar refractivity (Wildman–Crippen MR) is 96.2 cm³/mol. The summed E-state index contributed by atoms with van der Waals surface area (Å²) < 4.78 is 0. The number of rotatable bonds is 7. The van der Waals surface area contributed by atoms with Crippen LogP contribution >= 0.6 is 0 Å². The van der Waals surface area contributed by atoms with Crippen molar-refractivity contribution in [1.82, 2.24) is 5.32 Å². The molecule has 4 heteroatoms. The third-order valence-electron chi connectivity index (χ3n) is 5.38. The molecule has 1 aliphatic rings. The van der Waals surface area contributed by atoms with Crippen LogP contribution in [0, 0.1) is 5.92 Å². The fraction of sp³-hybridized carbons (Fsp3) is 0.650. The summed E-state index contributed by atoms with van der Waals surface area (Å²) in [6, 6.07) is 3.23. The molecule has 0 radical (unpaired) electrons. The minimum Gasteiger partial charge on any atom is -0.507 e. The Hall–Kier alpha value is -1.71. The summed E-state index contributed by atoms with van der Waals surface area (Å²) >= 11 is 0. The molecular formula is C20H31NO3. The minimum atomic E-state index is -0.294. The Bertz CT molecular complexity index is 547. The van der Waals surface area contributed by atoms with Gasteiger partial charge in [0.05, 0.1) is 11.6 Å². The van der Waals surface area contributed by atoms with Gasteiger partial charge < -0.3 is 15.5 Å². The summed E-state index contributed by atoms with van der Waals surface area (Å²) in [5, 5.41) is 23.7. The van der Waals surface area contributed by atoms with Gasteiger partial charge in [-0.15, -0.1) is 0 Å². The van der Waals surface area contributed by atoms with Crippen molar-refractivity contribution in [3.8, 4) is 11.5 Å². The molecule has 1 aromatic carbocycles. The maximum absolute atomic E-state index is 11.6. The number of carbonyl (C=O) groups excluding carboxylic acids is 1. The highest BCUT2D eigenvalue weighted by molar-refractivity contribution is 5.77. The van der Waals surface area contributed by atoms with Crippen LogP contribution < -0.4 is 5.32 Å². The molecule has 4 nitrogen and oxygen atoms in total. The van der Waals surface area contributed by atoms with Crippen molar-refractivity contribution in [3.63, 3.8) is 0 Å². The van der Waals surface area contributed by atoms with Gasteiger partial charge >= 0.3 is 0 Å². The molecule has 1 aliphatic heterocycles. The predicted octanol–water partition coefficient (Wildman–Crippen LogP) is 4.76. The van der Waals surface area contributed by atoms with Gasteiger partial charge in [-0.25, -0.2) is 0 Å². The first-order valence-electron chi connectivity index (χ1n) is 9.29. The number of phenolic OH excluding ortho intramolecular Hbond substituents is 2. The molecule has 3 atom stereocenters. The number of carbonyl (C=O) groups is 1. The number of hydrogen-bond donors (Lipinski definition) is 3. The topological polar surface area (TPSA) is 69.6 Å². The summed E-state index contributed by atoms with van der Waals surface area (Å²) in [7, 11) is 0. The van der Waals surface area contributed by atoms with Gasteiger partial charge in [-0.1, -0.05) is 46.5 Å². The second kappa shape index (κ2) is 8.41. The molecule has 0 aliphatic carbocycles. The van der Waals surface area contributed by atoms with Crippen molar-refractivity contribution in [3.05, 3.63) is 23.3 Å². The molecule has 1 amide bonds. The van der Waals surface area contributed by atoms with Gasteiger partial charge in [0.2, 0.25) is 5.91 Å². The summed E-state index contributed by atoms with van der Waals surface area (Å²) in [5.41, 5.74) is 1.41. The highest BCUT2D eigenvalue weighted by Gasteiger charge is 2.26. The molecule has 3 N–H and O–H groups in total. The van der Waals surface area contributed by atoms with E-state index in [9.17, 15) is 15.0 Å². The fourth-order valence-electron chi connectivity index (χ4n) is 3.58. The smallest absolute Gasteiger partial charge is 0.220 e. The second-order valence-electron chi connectivity index (χ2n) is 7.25. The van der Waals surface area contributed by atoms with E-state index in [1.54, 1.807) is 12.1 Å². The van der Waals surface area contributed by atoms with Gasteiger partial charge in [-0.05, 0) is 42.4 Å². The molecule has 0 spiro atoms. The van der Waals surface area contributed by atoms with Crippen molar-refractivity contribution in [2.75, 3.05) is 0 Å². The Morgan fingerprint density at radius 2 is 1.88 bits per heavy atom. The molecule has 0 aromatic heterocycles. The Kier molecular flexibility index (Phi) is 6.52. The SMILES string of the molecule is CCCCCC(C)C(C)c1cc(O)c(C2CCCC(=O)N2)c(O)c1. The molecule has 3 unspecified atom stereocenters. The van der Waals surface area contributed by atoms with Crippen LogP contribution in [-0.2, 0) is 4.79 Å². The summed E-state index contributed by atoms with van der Waals surface area (Å²) in [6.45, 7) is 6.57. The van der Waals surface area contributed by atoms with Gasteiger partial charge in [-0.2, -0.15) is 0 Å². The lowest BCUT2D eigenvalue weighted by Crippen LogP contribution is -2.32. The maximum atomic E-state index is 11.6. The molecule has 0 bridgehead atoms. The van der Waals surface area contributed by atoms with Gasteiger partial charge in [0.1, 0.15) is 11.5 Å². The minimum absolute atomic E-state index is 0.0213. The fourth-order valence-corrected chi connectivity index (χ4v) is 3.58. The number of aromatic hydroxyl groups is 2. The summed E-state index contributed by atoms with van der Waals surface area (Å²) in [5.74, 6) is 0.922. The number of nitrogens with one attached hydrogen (secondary N) is 1. The van der Waals surface area contributed by atoms with Gasteiger partial charge in [0, 0.05) is 6.42 Å². The largest absolute Gasteiger partial charge is 0.507 e. The Balaban J connectivity index is 2.15. The maximum Gasteiger partial charge on any atom is 0.220 e. The van der Waals surface area contributed by atoms with E-state index < -0.39 is 0 Å². The average Bonchev–Trinajstić information content (AvgIpc) is 2.53. The molecule has 2 rings (SSSR count). The first-order chi connectivity index (χ1) is 11.4. The number of amides is 1.